The van der Waals surface area contributed by atoms with E-state index in [1.807, 2.05) is 50.2 Å². The van der Waals surface area contributed by atoms with E-state index in [9.17, 15) is 9.59 Å². The number of rotatable bonds is 4. The Balaban J connectivity index is 1.70. The van der Waals surface area contributed by atoms with Gasteiger partial charge in [0, 0.05) is 24.7 Å². The Morgan fingerprint density at radius 3 is 2.32 bits per heavy atom. The first-order valence-corrected chi connectivity index (χ1v) is 10.1. The molecule has 1 aliphatic rings. The van der Waals surface area contributed by atoms with Crippen LogP contribution < -0.4 is 0 Å². The topological polar surface area (TPSA) is 66.7 Å². The van der Waals surface area contributed by atoms with Crippen molar-refractivity contribution in [1.29, 1.82) is 0 Å². The molecular formula is C20H17N3O3S2. The first kappa shape index (κ1) is 18.5. The third-order valence-electron chi connectivity index (χ3n) is 4.48. The van der Waals surface area contributed by atoms with Gasteiger partial charge < -0.3 is 4.42 Å². The average Bonchev–Trinajstić information content (AvgIpc) is 3.25. The van der Waals surface area contributed by atoms with Crippen LogP contribution in [0.1, 0.15) is 18.9 Å². The van der Waals surface area contributed by atoms with Crippen LogP contribution in [0.2, 0.25) is 0 Å². The van der Waals surface area contributed by atoms with Crippen molar-refractivity contribution >= 4 is 57.0 Å². The van der Waals surface area contributed by atoms with E-state index in [1.165, 1.54) is 27.2 Å². The second-order valence-electron chi connectivity index (χ2n) is 6.14. The quantitative estimate of drug-likeness (QED) is 0.370. The number of carbonyl (C=O) groups excluding carboxylic acids is 2. The summed E-state index contributed by atoms with van der Waals surface area (Å²) in [6.45, 7) is 4.46. The van der Waals surface area contributed by atoms with Crippen LogP contribution in [0.3, 0.4) is 0 Å². The van der Waals surface area contributed by atoms with E-state index in [2.05, 4.69) is 4.98 Å². The van der Waals surface area contributed by atoms with Gasteiger partial charge in [-0.1, -0.05) is 30.3 Å². The maximum Gasteiger partial charge on any atom is 0.265 e. The average molecular weight is 412 g/mol. The highest BCUT2D eigenvalue weighted by Gasteiger charge is 2.38. The van der Waals surface area contributed by atoms with Gasteiger partial charge in [-0.2, -0.15) is 0 Å². The summed E-state index contributed by atoms with van der Waals surface area (Å²) in [5.74, 6) is -0.0453. The largest absolute Gasteiger partial charge is 0.437 e. The lowest BCUT2D eigenvalue weighted by molar-refractivity contribution is -0.133. The summed E-state index contributed by atoms with van der Waals surface area (Å²) in [4.78, 5) is 32.7. The molecule has 0 radical (unpaired) electrons. The summed E-state index contributed by atoms with van der Waals surface area (Å²) >= 11 is 6.65. The van der Waals surface area contributed by atoms with Gasteiger partial charge in [-0.15, -0.1) is 11.3 Å². The molecule has 3 aromatic rings. The molecule has 2 amide bonds. The smallest absolute Gasteiger partial charge is 0.265 e. The number of hydrogen-bond acceptors (Lipinski definition) is 6. The lowest BCUT2D eigenvalue weighted by Gasteiger charge is -2.35. The Morgan fingerprint density at radius 1 is 1.11 bits per heavy atom. The van der Waals surface area contributed by atoms with Crippen LogP contribution in [-0.2, 0) is 9.59 Å². The van der Waals surface area contributed by atoms with Crippen molar-refractivity contribution in [1.82, 2.24) is 14.8 Å². The number of furan rings is 1. The summed E-state index contributed by atoms with van der Waals surface area (Å²) in [6.07, 6.45) is 1.53. The Bertz CT molecular complexity index is 1050. The van der Waals surface area contributed by atoms with Crippen LogP contribution in [0.4, 0.5) is 0 Å². The van der Waals surface area contributed by atoms with Crippen molar-refractivity contribution < 1.29 is 14.0 Å². The number of nitrogens with zero attached hydrogens (tertiary/aromatic N) is 3. The molecule has 142 valence electrons. The van der Waals surface area contributed by atoms with Gasteiger partial charge in [-0.05, 0) is 32.1 Å². The molecule has 1 saturated heterocycles. The lowest BCUT2D eigenvalue weighted by Crippen LogP contribution is -2.55. The number of benzene rings is 1. The summed E-state index contributed by atoms with van der Waals surface area (Å²) in [6, 6.07) is 11.7. The highest BCUT2D eigenvalue weighted by Crippen LogP contribution is 2.32. The fourth-order valence-corrected chi connectivity index (χ4v) is 4.36. The Hall–Kier alpha value is -2.84. The summed E-state index contributed by atoms with van der Waals surface area (Å²) < 4.78 is 6.70. The molecule has 1 aromatic carbocycles. The third-order valence-corrected chi connectivity index (χ3v) is 5.85. The molecule has 1 aliphatic heterocycles. The molecule has 0 bridgehead atoms. The maximum atomic E-state index is 12.7. The van der Waals surface area contributed by atoms with Gasteiger partial charge in [0.2, 0.25) is 5.71 Å². The first-order chi connectivity index (χ1) is 13.5. The third kappa shape index (κ3) is 3.04. The summed E-state index contributed by atoms with van der Waals surface area (Å²) in [7, 11) is 0. The molecule has 0 atom stereocenters. The van der Waals surface area contributed by atoms with E-state index in [-0.39, 0.29) is 22.5 Å². The molecule has 0 N–H and O–H groups in total. The van der Waals surface area contributed by atoms with Gasteiger partial charge in [0.15, 0.2) is 5.11 Å². The highest BCUT2D eigenvalue weighted by molar-refractivity contribution is 7.80. The molecule has 1 fully saturated rings. The molecule has 0 unspecified atom stereocenters. The number of fused-ring (bicyclic) bond motifs is 1. The number of thiocarbonyl (C=S) groups is 1. The normalized spacial score (nSPS) is 15.1. The maximum absolute atomic E-state index is 12.7. The fourth-order valence-electron chi connectivity index (χ4n) is 3.06. The molecule has 3 heterocycles. The second-order valence-corrected chi connectivity index (χ2v) is 7.56. The van der Waals surface area contributed by atoms with Crippen LogP contribution in [0.15, 0.2) is 46.4 Å². The van der Waals surface area contributed by atoms with Crippen LogP contribution in [0, 0.1) is 0 Å². The van der Waals surface area contributed by atoms with Crippen LogP contribution in [0.5, 0.6) is 0 Å². The van der Waals surface area contributed by atoms with E-state index in [0.29, 0.717) is 23.8 Å². The van der Waals surface area contributed by atoms with E-state index in [4.69, 9.17) is 16.6 Å². The molecule has 0 saturated carbocycles. The highest BCUT2D eigenvalue weighted by atomic mass is 32.1. The molecule has 6 nitrogen and oxygen atoms in total. The van der Waals surface area contributed by atoms with Gasteiger partial charge in [0.1, 0.15) is 16.3 Å². The van der Waals surface area contributed by atoms with Crippen molar-refractivity contribution in [3.05, 3.63) is 47.0 Å². The summed E-state index contributed by atoms with van der Waals surface area (Å²) in [5.41, 5.74) is 1.52. The van der Waals surface area contributed by atoms with E-state index >= 15 is 0 Å². The Labute approximate surface area is 171 Å². The number of amides is 2. The van der Waals surface area contributed by atoms with Crippen LogP contribution in [0.25, 0.3) is 27.8 Å². The molecule has 0 aliphatic carbocycles. The monoisotopic (exact) mass is 411 g/mol. The van der Waals surface area contributed by atoms with Crippen molar-refractivity contribution in [2.45, 2.75) is 13.8 Å². The zero-order valence-electron chi connectivity index (χ0n) is 15.3. The molecule has 28 heavy (non-hydrogen) atoms. The lowest BCUT2D eigenvalue weighted by atomic mass is 10.1. The van der Waals surface area contributed by atoms with Gasteiger partial charge in [0.05, 0.1) is 4.70 Å². The molecule has 4 rings (SSSR count). The van der Waals surface area contributed by atoms with Crippen molar-refractivity contribution in [2.24, 2.45) is 0 Å². The minimum Gasteiger partial charge on any atom is -0.437 e. The predicted molar refractivity (Wildman–Crippen MR) is 113 cm³/mol. The second kappa shape index (κ2) is 7.29. The van der Waals surface area contributed by atoms with Gasteiger partial charge in [-0.25, -0.2) is 4.98 Å². The van der Waals surface area contributed by atoms with Gasteiger partial charge in [0.25, 0.3) is 11.8 Å². The van der Waals surface area contributed by atoms with Gasteiger partial charge in [-0.3, -0.25) is 19.4 Å². The molecule has 0 spiro atoms. The number of aromatic nitrogens is 1. The first-order valence-electron chi connectivity index (χ1n) is 8.88. The number of hydrogen-bond donors (Lipinski definition) is 0. The zero-order chi connectivity index (χ0) is 19.8. The fraction of sp³-hybridized carbons (Fsp3) is 0.200. The SMILES string of the molecule is CCN1C(=O)C(=Cc2nc3oc(-c4ccccc4)cc3s2)C(=O)N(CC)C1=S. The van der Waals surface area contributed by atoms with E-state index in [0.717, 1.165) is 16.0 Å². The van der Waals surface area contributed by atoms with Crippen LogP contribution in [-0.4, -0.2) is 44.8 Å². The molecule has 8 heteroatoms. The minimum absolute atomic E-state index is 0.0667. The molecular weight excluding hydrogens is 394 g/mol. The zero-order valence-corrected chi connectivity index (χ0v) is 17.0. The van der Waals surface area contributed by atoms with Gasteiger partial charge >= 0.3 is 0 Å². The number of thiazole rings is 1. The number of carbonyl (C=O) groups is 2. The standard InChI is InChI=1S/C20H17N3O3S2/c1-3-22-18(24)13(19(25)23(4-2)20(22)27)10-16-21-17-15(28-16)11-14(26-17)12-8-6-5-7-9-12/h5-11H,3-4H2,1-2H3. The van der Waals surface area contributed by atoms with E-state index in [1.54, 1.807) is 0 Å². The Morgan fingerprint density at radius 2 is 1.75 bits per heavy atom. The van der Waals surface area contributed by atoms with E-state index < -0.39 is 0 Å². The van der Waals surface area contributed by atoms with Crippen LogP contribution >= 0.6 is 23.6 Å². The van der Waals surface area contributed by atoms with Crippen molar-refractivity contribution in [3.8, 4) is 11.3 Å². The number of likely N-dealkylation sites (N-methyl/N-ethyl adjacent to an activating group) is 2. The molecule has 2 aromatic heterocycles. The van der Waals surface area contributed by atoms with Crippen molar-refractivity contribution in [3.63, 3.8) is 0 Å². The minimum atomic E-state index is -0.390. The summed E-state index contributed by atoms with van der Waals surface area (Å²) in [5, 5.41) is 0.794. The predicted octanol–water partition coefficient (Wildman–Crippen LogP) is 3.94. The Kier molecular flexibility index (Phi) is 4.82. The van der Waals surface area contributed by atoms with Crippen molar-refractivity contribution in [2.75, 3.05) is 13.1 Å².